The van der Waals surface area contributed by atoms with Crippen molar-refractivity contribution in [2.24, 2.45) is 11.8 Å². The standard InChI is InChI=1S/C19H28N4OS2/c1-13(2)10-22(11-14(3)4)17(24)12-26-19-21-20-18(16-6-5-9-25-16)23(19)15-7-8-15/h5-6,9,13-15H,7-8,10-12H2,1-4H3. The minimum Gasteiger partial charge on any atom is -0.341 e. The van der Waals surface area contributed by atoms with Crippen LogP contribution in [0, 0.1) is 11.8 Å². The zero-order valence-electron chi connectivity index (χ0n) is 16.0. The molecule has 0 N–H and O–H groups in total. The van der Waals surface area contributed by atoms with Gasteiger partial charge in [0.1, 0.15) is 0 Å². The third-order valence-electron chi connectivity index (χ3n) is 4.17. The second kappa shape index (κ2) is 8.57. The first kappa shape index (κ1) is 19.4. The molecule has 0 spiro atoms. The number of aromatic nitrogens is 3. The first-order valence-electron chi connectivity index (χ1n) is 9.35. The van der Waals surface area contributed by atoms with Crippen molar-refractivity contribution in [1.82, 2.24) is 19.7 Å². The zero-order valence-corrected chi connectivity index (χ0v) is 17.6. The molecule has 0 atom stereocenters. The molecule has 0 saturated heterocycles. The lowest BCUT2D eigenvalue weighted by molar-refractivity contribution is -0.129. The highest BCUT2D eigenvalue weighted by Gasteiger charge is 2.31. The lowest BCUT2D eigenvalue weighted by Gasteiger charge is -2.26. The Bertz CT molecular complexity index is 710. The minimum atomic E-state index is 0.195. The van der Waals surface area contributed by atoms with Crippen LogP contribution in [0.5, 0.6) is 0 Å². The van der Waals surface area contributed by atoms with Crippen LogP contribution >= 0.6 is 23.1 Å². The third kappa shape index (κ3) is 4.88. The van der Waals surface area contributed by atoms with Crippen molar-refractivity contribution in [2.45, 2.75) is 51.7 Å². The summed E-state index contributed by atoms with van der Waals surface area (Å²) in [5.74, 6) is 2.51. The van der Waals surface area contributed by atoms with E-state index < -0.39 is 0 Å². The number of thioether (sulfide) groups is 1. The molecule has 0 radical (unpaired) electrons. The van der Waals surface area contributed by atoms with Crippen LogP contribution in [-0.2, 0) is 4.79 Å². The number of carbonyl (C=O) groups is 1. The minimum absolute atomic E-state index is 0.195. The maximum absolute atomic E-state index is 12.8. The highest BCUT2D eigenvalue weighted by molar-refractivity contribution is 7.99. The Labute approximate surface area is 164 Å². The summed E-state index contributed by atoms with van der Waals surface area (Å²) in [4.78, 5) is 15.9. The van der Waals surface area contributed by atoms with Crippen LogP contribution in [0.3, 0.4) is 0 Å². The Kier molecular flexibility index (Phi) is 6.40. The van der Waals surface area contributed by atoms with Crippen molar-refractivity contribution in [1.29, 1.82) is 0 Å². The summed E-state index contributed by atoms with van der Waals surface area (Å²) in [5.41, 5.74) is 0. The van der Waals surface area contributed by atoms with Gasteiger partial charge in [-0.15, -0.1) is 21.5 Å². The number of thiophene rings is 1. The molecule has 7 heteroatoms. The van der Waals surface area contributed by atoms with Crippen molar-refractivity contribution >= 4 is 29.0 Å². The van der Waals surface area contributed by atoms with Crippen LogP contribution in [0.25, 0.3) is 10.7 Å². The fraction of sp³-hybridized carbons (Fsp3) is 0.632. The van der Waals surface area contributed by atoms with Gasteiger partial charge in [0, 0.05) is 19.1 Å². The van der Waals surface area contributed by atoms with E-state index in [1.165, 1.54) is 24.6 Å². The van der Waals surface area contributed by atoms with Crippen LogP contribution in [0.4, 0.5) is 0 Å². The van der Waals surface area contributed by atoms with Gasteiger partial charge in [-0.05, 0) is 36.1 Å². The number of nitrogens with zero attached hydrogens (tertiary/aromatic N) is 4. The highest BCUT2D eigenvalue weighted by Crippen LogP contribution is 2.41. The van der Waals surface area contributed by atoms with E-state index in [1.54, 1.807) is 11.3 Å². The van der Waals surface area contributed by atoms with Crippen LogP contribution in [0.1, 0.15) is 46.6 Å². The summed E-state index contributed by atoms with van der Waals surface area (Å²) < 4.78 is 2.24. The molecule has 1 aliphatic rings. The smallest absolute Gasteiger partial charge is 0.233 e. The fourth-order valence-electron chi connectivity index (χ4n) is 2.99. The number of hydrogen-bond acceptors (Lipinski definition) is 5. The van der Waals surface area contributed by atoms with Crippen molar-refractivity contribution < 1.29 is 4.79 Å². The van der Waals surface area contributed by atoms with Crippen molar-refractivity contribution in [3.63, 3.8) is 0 Å². The fourth-order valence-corrected chi connectivity index (χ4v) is 4.60. The largest absolute Gasteiger partial charge is 0.341 e. The molecular weight excluding hydrogens is 364 g/mol. The average molecular weight is 393 g/mol. The predicted molar refractivity (Wildman–Crippen MR) is 109 cm³/mol. The van der Waals surface area contributed by atoms with Gasteiger partial charge in [-0.2, -0.15) is 0 Å². The third-order valence-corrected chi connectivity index (χ3v) is 5.96. The SMILES string of the molecule is CC(C)CN(CC(C)C)C(=O)CSc1nnc(-c2cccs2)n1C1CC1. The molecule has 2 aromatic heterocycles. The summed E-state index contributed by atoms with van der Waals surface area (Å²) in [6, 6.07) is 4.61. The molecule has 0 bridgehead atoms. The molecular formula is C19H28N4OS2. The van der Waals surface area contributed by atoms with E-state index in [1.807, 2.05) is 11.0 Å². The number of rotatable bonds is 9. The molecule has 1 aliphatic carbocycles. The second-order valence-corrected chi connectivity index (χ2v) is 9.65. The summed E-state index contributed by atoms with van der Waals surface area (Å²) in [5, 5.41) is 11.8. The monoisotopic (exact) mass is 392 g/mol. The van der Waals surface area contributed by atoms with E-state index in [0.29, 0.717) is 23.6 Å². The van der Waals surface area contributed by atoms with E-state index >= 15 is 0 Å². The molecule has 3 rings (SSSR count). The molecule has 0 unspecified atom stereocenters. The van der Waals surface area contributed by atoms with Crippen molar-refractivity contribution in [3.05, 3.63) is 17.5 Å². The molecule has 26 heavy (non-hydrogen) atoms. The van der Waals surface area contributed by atoms with Crippen LogP contribution in [0.2, 0.25) is 0 Å². The summed E-state index contributed by atoms with van der Waals surface area (Å²) >= 11 is 3.21. The Balaban J connectivity index is 1.70. The van der Waals surface area contributed by atoms with Crippen molar-refractivity contribution in [2.75, 3.05) is 18.8 Å². The lowest BCUT2D eigenvalue weighted by atomic mass is 10.1. The van der Waals surface area contributed by atoms with Crippen LogP contribution < -0.4 is 0 Å². The predicted octanol–water partition coefficient (Wildman–Crippen LogP) is 4.57. The molecule has 0 aliphatic heterocycles. The average Bonchev–Trinajstić information content (AvgIpc) is 3.09. The van der Waals surface area contributed by atoms with Gasteiger partial charge in [-0.1, -0.05) is 45.5 Å². The molecule has 5 nitrogen and oxygen atoms in total. The summed E-state index contributed by atoms with van der Waals surface area (Å²) in [7, 11) is 0. The van der Waals surface area contributed by atoms with Gasteiger partial charge < -0.3 is 4.90 Å². The quantitative estimate of drug-likeness (QED) is 0.586. The Morgan fingerprint density at radius 1 is 1.27 bits per heavy atom. The molecule has 142 valence electrons. The topological polar surface area (TPSA) is 51.0 Å². The number of carbonyl (C=O) groups excluding carboxylic acids is 1. The number of hydrogen-bond donors (Lipinski definition) is 0. The normalized spacial score (nSPS) is 14.4. The van der Waals surface area contributed by atoms with E-state index in [2.05, 4.69) is 53.9 Å². The van der Waals surface area contributed by atoms with Gasteiger partial charge in [0.05, 0.1) is 10.6 Å². The van der Waals surface area contributed by atoms with Gasteiger partial charge in [0.2, 0.25) is 5.91 Å². The van der Waals surface area contributed by atoms with Crippen molar-refractivity contribution in [3.8, 4) is 10.7 Å². The Hall–Kier alpha value is -1.34. The first-order valence-corrected chi connectivity index (χ1v) is 11.2. The summed E-state index contributed by atoms with van der Waals surface area (Å²) in [6.45, 7) is 10.3. The van der Waals surface area contributed by atoms with E-state index in [0.717, 1.165) is 28.9 Å². The van der Waals surface area contributed by atoms with E-state index in [-0.39, 0.29) is 5.91 Å². The van der Waals surface area contributed by atoms with Gasteiger partial charge in [0.15, 0.2) is 11.0 Å². The second-order valence-electron chi connectivity index (χ2n) is 7.76. The molecule has 1 amide bonds. The van der Waals surface area contributed by atoms with E-state index in [4.69, 9.17) is 0 Å². The zero-order chi connectivity index (χ0) is 18.7. The molecule has 0 aromatic carbocycles. The Morgan fingerprint density at radius 2 is 1.96 bits per heavy atom. The maximum atomic E-state index is 12.8. The molecule has 2 heterocycles. The van der Waals surface area contributed by atoms with Gasteiger partial charge in [-0.25, -0.2) is 0 Å². The number of amides is 1. The first-order chi connectivity index (χ1) is 12.5. The lowest BCUT2D eigenvalue weighted by Crippen LogP contribution is -2.38. The Morgan fingerprint density at radius 3 is 2.50 bits per heavy atom. The molecule has 2 aromatic rings. The summed E-state index contributed by atoms with van der Waals surface area (Å²) in [6.07, 6.45) is 2.34. The van der Waals surface area contributed by atoms with E-state index in [9.17, 15) is 4.79 Å². The van der Waals surface area contributed by atoms with Gasteiger partial charge in [0.25, 0.3) is 0 Å². The highest BCUT2D eigenvalue weighted by atomic mass is 32.2. The maximum Gasteiger partial charge on any atom is 0.233 e. The van der Waals surface area contributed by atoms with Gasteiger partial charge in [-0.3, -0.25) is 9.36 Å². The van der Waals surface area contributed by atoms with Crippen LogP contribution in [0.15, 0.2) is 22.7 Å². The molecule has 1 saturated carbocycles. The van der Waals surface area contributed by atoms with Gasteiger partial charge >= 0.3 is 0 Å². The molecule has 1 fully saturated rings. The van der Waals surface area contributed by atoms with Crippen LogP contribution in [-0.4, -0.2) is 44.4 Å².